The van der Waals surface area contributed by atoms with Crippen molar-refractivity contribution in [2.75, 3.05) is 26.7 Å². The fourth-order valence-corrected chi connectivity index (χ4v) is 4.45. The summed E-state index contributed by atoms with van der Waals surface area (Å²) in [5, 5.41) is 0. The van der Waals surface area contributed by atoms with Crippen molar-refractivity contribution in [3.8, 4) is 5.75 Å². The van der Waals surface area contributed by atoms with Crippen LogP contribution in [0.2, 0.25) is 0 Å². The summed E-state index contributed by atoms with van der Waals surface area (Å²) in [6.07, 6.45) is 4.63. The van der Waals surface area contributed by atoms with Gasteiger partial charge in [0.1, 0.15) is 5.75 Å². The lowest BCUT2D eigenvalue weighted by atomic mass is 9.94. The molecule has 2 aliphatic rings. The van der Waals surface area contributed by atoms with Gasteiger partial charge in [-0.3, -0.25) is 14.6 Å². The zero-order valence-electron chi connectivity index (χ0n) is 18.6. The Morgan fingerprint density at radius 3 is 2.72 bits per heavy atom. The third kappa shape index (κ3) is 5.65. The van der Waals surface area contributed by atoms with Crippen LogP contribution in [-0.2, 0) is 27.5 Å². The van der Waals surface area contributed by atoms with E-state index < -0.39 is 0 Å². The Balaban J connectivity index is 1.27. The molecule has 3 heterocycles. The van der Waals surface area contributed by atoms with Crippen molar-refractivity contribution >= 4 is 11.8 Å². The standard InChI is InChI=1S/C25H31N3O4/c1-31-23-7-4-5-19(15-23)16-28-17-20(8-9-24(28)29)25(30)27-13-10-22(11-14-27)32-18-21-6-2-3-12-26-21/h2-7,12,15,20,22H,8-11,13-14,16-18H2,1H3/t20-/m1/s1. The van der Waals surface area contributed by atoms with Gasteiger partial charge in [-0.2, -0.15) is 0 Å². The van der Waals surface area contributed by atoms with Crippen molar-refractivity contribution < 1.29 is 19.1 Å². The van der Waals surface area contributed by atoms with E-state index >= 15 is 0 Å². The number of nitrogens with zero attached hydrogens (tertiary/aromatic N) is 3. The number of pyridine rings is 1. The first kappa shape index (κ1) is 22.3. The molecule has 0 unspecified atom stereocenters. The first-order valence-electron chi connectivity index (χ1n) is 11.3. The van der Waals surface area contributed by atoms with E-state index in [1.165, 1.54) is 0 Å². The Morgan fingerprint density at radius 2 is 1.97 bits per heavy atom. The molecule has 0 saturated carbocycles. The van der Waals surface area contributed by atoms with Gasteiger partial charge >= 0.3 is 0 Å². The second-order valence-corrected chi connectivity index (χ2v) is 8.52. The number of methoxy groups -OCH3 is 1. The van der Waals surface area contributed by atoms with E-state index in [1.54, 1.807) is 13.3 Å². The number of carbonyl (C=O) groups excluding carboxylic acids is 2. The first-order valence-corrected chi connectivity index (χ1v) is 11.3. The van der Waals surface area contributed by atoms with Gasteiger partial charge in [0.05, 0.1) is 31.4 Å². The van der Waals surface area contributed by atoms with Crippen molar-refractivity contribution in [1.29, 1.82) is 0 Å². The highest BCUT2D eigenvalue weighted by Crippen LogP contribution is 2.25. The third-order valence-corrected chi connectivity index (χ3v) is 6.30. The normalized spacial score (nSPS) is 19.8. The quantitative estimate of drug-likeness (QED) is 0.666. The van der Waals surface area contributed by atoms with Crippen LogP contribution >= 0.6 is 0 Å². The molecule has 1 aromatic heterocycles. The number of benzene rings is 1. The molecule has 2 amide bonds. The summed E-state index contributed by atoms with van der Waals surface area (Å²) in [7, 11) is 1.63. The number of carbonyl (C=O) groups is 2. The minimum absolute atomic E-state index is 0.110. The monoisotopic (exact) mass is 437 g/mol. The number of likely N-dealkylation sites (tertiary alicyclic amines) is 2. The predicted octanol–water partition coefficient (Wildman–Crippen LogP) is 3.04. The zero-order valence-corrected chi connectivity index (χ0v) is 18.6. The fourth-order valence-electron chi connectivity index (χ4n) is 4.45. The van der Waals surface area contributed by atoms with Crippen molar-refractivity contribution in [2.45, 2.75) is 44.9 Å². The van der Waals surface area contributed by atoms with Crippen LogP contribution in [0.1, 0.15) is 36.9 Å². The lowest BCUT2D eigenvalue weighted by molar-refractivity contribution is -0.145. The van der Waals surface area contributed by atoms with E-state index in [2.05, 4.69) is 4.98 Å². The number of ether oxygens (including phenoxy) is 2. The number of hydrogen-bond donors (Lipinski definition) is 0. The van der Waals surface area contributed by atoms with Crippen LogP contribution in [0.3, 0.4) is 0 Å². The molecular formula is C25H31N3O4. The van der Waals surface area contributed by atoms with Gasteiger partial charge in [-0.05, 0) is 49.1 Å². The maximum atomic E-state index is 13.2. The molecular weight excluding hydrogens is 406 g/mol. The fraction of sp³-hybridized carbons (Fsp3) is 0.480. The highest BCUT2D eigenvalue weighted by Gasteiger charge is 2.34. The highest BCUT2D eigenvalue weighted by atomic mass is 16.5. The molecule has 170 valence electrons. The Bertz CT molecular complexity index is 912. The molecule has 2 saturated heterocycles. The number of rotatable bonds is 7. The summed E-state index contributed by atoms with van der Waals surface area (Å²) in [5.74, 6) is 0.909. The van der Waals surface area contributed by atoms with E-state index in [9.17, 15) is 9.59 Å². The lowest BCUT2D eigenvalue weighted by Crippen LogP contribution is -2.49. The average Bonchev–Trinajstić information content (AvgIpc) is 2.85. The Hall–Kier alpha value is -2.93. The van der Waals surface area contributed by atoms with Gasteiger partial charge in [-0.25, -0.2) is 0 Å². The highest BCUT2D eigenvalue weighted by molar-refractivity contribution is 5.84. The molecule has 0 radical (unpaired) electrons. The first-order chi connectivity index (χ1) is 15.6. The molecule has 7 heteroatoms. The lowest BCUT2D eigenvalue weighted by Gasteiger charge is -2.37. The van der Waals surface area contributed by atoms with Crippen LogP contribution in [0.25, 0.3) is 0 Å². The van der Waals surface area contributed by atoms with Gasteiger partial charge in [0.25, 0.3) is 0 Å². The molecule has 2 fully saturated rings. The Kier molecular flexibility index (Phi) is 7.37. The molecule has 1 aromatic carbocycles. The van der Waals surface area contributed by atoms with Gasteiger partial charge < -0.3 is 19.3 Å². The van der Waals surface area contributed by atoms with Crippen molar-refractivity contribution in [3.05, 3.63) is 59.9 Å². The molecule has 7 nitrogen and oxygen atoms in total. The smallest absolute Gasteiger partial charge is 0.227 e. The largest absolute Gasteiger partial charge is 0.497 e. The topological polar surface area (TPSA) is 72.0 Å². The van der Waals surface area contributed by atoms with Crippen LogP contribution in [-0.4, -0.2) is 59.4 Å². The molecule has 4 rings (SSSR count). The van der Waals surface area contributed by atoms with E-state index in [4.69, 9.17) is 9.47 Å². The van der Waals surface area contributed by atoms with Gasteiger partial charge in [0.2, 0.25) is 11.8 Å². The van der Waals surface area contributed by atoms with E-state index in [1.807, 2.05) is 52.3 Å². The molecule has 0 spiro atoms. The van der Waals surface area contributed by atoms with Crippen LogP contribution in [0, 0.1) is 5.92 Å². The summed E-state index contributed by atoms with van der Waals surface area (Å²) >= 11 is 0. The van der Waals surface area contributed by atoms with Crippen molar-refractivity contribution in [1.82, 2.24) is 14.8 Å². The maximum absolute atomic E-state index is 13.2. The number of amides is 2. The molecule has 1 atom stereocenters. The summed E-state index contributed by atoms with van der Waals surface area (Å²) < 4.78 is 11.3. The SMILES string of the molecule is COc1cccc(CN2C[C@H](C(=O)N3CCC(OCc4ccccn4)CC3)CCC2=O)c1. The summed E-state index contributed by atoms with van der Waals surface area (Å²) in [6, 6.07) is 13.5. The zero-order chi connectivity index (χ0) is 22.3. The van der Waals surface area contributed by atoms with Crippen molar-refractivity contribution in [3.63, 3.8) is 0 Å². The molecule has 0 N–H and O–H groups in total. The van der Waals surface area contributed by atoms with Gasteiger partial charge in [0, 0.05) is 38.8 Å². The predicted molar refractivity (Wildman–Crippen MR) is 120 cm³/mol. The third-order valence-electron chi connectivity index (χ3n) is 6.30. The van der Waals surface area contributed by atoms with Crippen LogP contribution < -0.4 is 4.74 Å². The second kappa shape index (κ2) is 10.6. The molecule has 0 bridgehead atoms. The van der Waals surface area contributed by atoms with Crippen LogP contribution in [0.4, 0.5) is 0 Å². The minimum Gasteiger partial charge on any atom is -0.497 e. The molecule has 2 aliphatic heterocycles. The second-order valence-electron chi connectivity index (χ2n) is 8.52. The summed E-state index contributed by atoms with van der Waals surface area (Å²) in [4.78, 5) is 33.7. The maximum Gasteiger partial charge on any atom is 0.227 e. The van der Waals surface area contributed by atoms with Crippen LogP contribution in [0.5, 0.6) is 5.75 Å². The van der Waals surface area contributed by atoms with Gasteiger partial charge in [-0.1, -0.05) is 18.2 Å². The number of aromatic nitrogens is 1. The van der Waals surface area contributed by atoms with Gasteiger partial charge in [-0.15, -0.1) is 0 Å². The van der Waals surface area contributed by atoms with Gasteiger partial charge in [0.15, 0.2) is 0 Å². The molecule has 0 aliphatic carbocycles. The minimum atomic E-state index is -0.135. The Morgan fingerprint density at radius 1 is 1.12 bits per heavy atom. The van der Waals surface area contributed by atoms with Crippen molar-refractivity contribution in [2.24, 2.45) is 5.92 Å². The van der Waals surface area contributed by atoms with E-state index in [0.717, 1.165) is 29.8 Å². The number of piperidine rings is 2. The van der Waals surface area contributed by atoms with E-state index in [0.29, 0.717) is 45.6 Å². The van der Waals surface area contributed by atoms with E-state index in [-0.39, 0.29) is 23.8 Å². The summed E-state index contributed by atoms with van der Waals surface area (Å²) in [6.45, 7) is 2.88. The average molecular weight is 438 g/mol. The number of hydrogen-bond acceptors (Lipinski definition) is 5. The molecule has 2 aromatic rings. The summed E-state index contributed by atoms with van der Waals surface area (Å²) in [5.41, 5.74) is 1.94. The molecule has 32 heavy (non-hydrogen) atoms. The Labute approximate surface area is 189 Å². The van der Waals surface area contributed by atoms with Crippen LogP contribution in [0.15, 0.2) is 48.7 Å².